The molecule has 3 nitrogen and oxygen atoms in total. The van der Waals surface area contributed by atoms with E-state index in [9.17, 15) is 9.90 Å². The van der Waals surface area contributed by atoms with Crippen LogP contribution < -0.4 is 5.32 Å². The molecule has 0 bridgehead atoms. The average Bonchev–Trinajstić information content (AvgIpc) is 2.61. The molecule has 2 aliphatic carbocycles. The minimum Gasteiger partial charge on any atom is -0.481 e. The minimum atomic E-state index is -0.616. The van der Waals surface area contributed by atoms with E-state index in [4.69, 9.17) is 0 Å². The van der Waals surface area contributed by atoms with Crippen molar-refractivity contribution in [2.24, 2.45) is 17.8 Å². The van der Waals surface area contributed by atoms with E-state index in [1.807, 2.05) is 0 Å². The molecule has 0 heterocycles. The first-order valence-electron chi connectivity index (χ1n) is 10.1. The molecule has 0 aromatic heterocycles. The molecule has 138 valence electrons. The highest BCUT2D eigenvalue weighted by atomic mass is 16.4. The number of nitrogens with one attached hydrogen (secondary N) is 1. The number of hydrogen-bond acceptors (Lipinski definition) is 2. The van der Waals surface area contributed by atoms with Crippen LogP contribution in [0.1, 0.15) is 75.5 Å². The van der Waals surface area contributed by atoms with Gasteiger partial charge in [0.1, 0.15) is 0 Å². The maximum atomic E-state index is 11.2. The van der Waals surface area contributed by atoms with E-state index in [2.05, 4.69) is 43.4 Å². The molecule has 3 atom stereocenters. The summed E-state index contributed by atoms with van der Waals surface area (Å²) in [5, 5.41) is 13.2. The van der Waals surface area contributed by atoms with Crippen LogP contribution in [0.4, 0.5) is 0 Å². The van der Waals surface area contributed by atoms with E-state index in [-0.39, 0.29) is 5.92 Å². The molecule has 1 aromatic rings. The van der Waals surface area contributed by atoms with Gasteiger partial charge in [-0.15, -0.1) is 0 Å². The van der Waals surface area contributed by atoms with Crippen LogP contribution in [-0.4, -0.2) is 17.1 Å². The van der Waals surface area contributed by atoms with Gasteiger partial charge in [-0.05, 0) is 68.4 Å². The number of benzene rings is 1. The maximum absolute atomic E-state index is 11.2. The fourth-order valence-electron chi connectivity index (χ4n) is 4.96. The summed E-state index contributed by atoms with van der Waals surface area (Å²) in [6.07, 6.45) is 8.91. The van der Waals surface area contributed by atoms with Gasteiger partial charge in [0.2, 0.25) is 0 Å². The monoisotopic (exact) mass is 343 g/mol. The first-order chi connectivity index (χ1) is 12.0. The Morgan fingerprint density at radius 3 is 2.48 bits per heavy atom. The Balaban J connectivity index is 1.73. The van der Waals surface area contributed by atoms with Gasteiger partial charge in [0.15, 0.2) is 0 Å². The molecule has 0 radical (unpaired) electrons. The van der Waals surface area contributed by atoms with Gasteiger partial charge in [0.25, 0.3) is 0 Å². The summed E-state index contributed by atoms with van der Waals surface area (Å²) < 4.78 is 0. The topological polar surface area (TPSA) is 49.3 Å². The van der Waals surface area contributed by atoms with Gasteiger partial charge >= 0.3 is 5.97 Å². The lowest BCUT2D eigenvalue weighted by atomic mass is 9.75. The lowest BCUT2D eigenvalue weighted by Crippen LogP contribution is -2.41. The second kappa shape index (κ2) is 8.35. The lowest BCUT2D eigenvalue weighted by molar-refractivity contribution is -0.142. The first kappa shape index (κ1) is 18.4. The highest BCUT2D eigenvalue weighted by Gasteiger charge is 2.32. The Hall–Kier alpha value is -1.35. The molecule has 0 amide bonds. The summed E-state index contributed by atoms with van der Waals surface area (Å²) in [5.41, 5.74) is 2.82. The Labute approximate surface area is 152 Å². The fraction of sp³-hybridized carbons (Fsp3) is 0.682. The zero-order valence-corrected chi connectivity index (χ0v) is 15.7. The zero-order chi connectivity index (χ0) is 17.8. The van der Waals surface area contributed by atoms with Crippen molar-refractivity contribution in [3.8, 4) is 0 Å². The number of carbonyl (C=O) groups is 1. The van der Waals surface area contributed by atoms with Crippen LogP contribution in [0.5, 0.6) is 0 Å². The number of hydrogen-bond donors (Lipinski definition) is 2. The quantitative estimate of drug-likeness (QED) is 0.782. The number of rotatable bonds is 5. The number of carboxylic acid groups (broad SMARTS) is 1. The van der Waals surface area contributed by atoms with Crippen LogP contribution >= 0.6 is 0 Å². The SMILES string of the molecule is Cc1ccccc1C(NC1CCC(C(=O)O)CC1)C1CCCC(C)C1. The summed E-state index contributed by atoms with van der Waals surface area (Å²) in [5.74, 6) is 0.761. The average molecular weight is 344 g/mol. The second-order valence-corrected chi connectivity index (χ2v) is 8.42. The molecule has 0 saturated heterocycles. The van der Waals surface area contributed by atoms with Crippen molar-refractivity contribution in [2.45, 2.75) is 77.3 Å². The van der Waals surface area contributed by atoms with Crippen LogP contribution in [0.2, 0.25) is 0 Å². The van der Waals surface area contributed by atoms with Crippen molar-refractivity contribution >= 4 is 5.97 Å². The van der Waals surface area contributed by atoms with Crippen molar-refractivity contribution in [1.29, 1.82) is 0 Å². The number of aliphatic carboxylic acids is 1. The fourth-order valence-corrected chi connectivity index (χ4v) is 4.96. The van der Waals surface area contributed by atoms with Gasteiger partial charge in [-0.25, -0.2) is 0 Å². The van der Waals surface area contributed by atoms with Crippen LogP contribution in [0, 0.1) is 24.7 Å². The summed E-state index contributed by atoms with van der Waals surface area (Å²) in [4.78, 5) is 11.2. The van der Waals surface area contributed by atoms with Crippen molar-refractivity contribution in [1.82, 2.24) is 5.32 Å². The van der Waals surface area contributed by atoms with Gasteiger partial charge < -0.3 is 10.4 Å². The molecule has 3 rings (SSSR count). The molecule has 3 unspecified atom stereocenters. The zero-order valence-electron chi connectivity index (χ0n) is 15.7. The standard InChI is InChI=1S/C22H33NO2/c1-15-6-5-8-18(14-15)21(20-9-4-3-7-16(20)2)23-19-12-10-17(11-13-19)22(24)25/h3-4,7,9,15,17-19,21,23H,5-6,8,10-14H2,1-2H3,(H,24,25). The third kappa shape index (κ3) is 4.63. The molecule has 1 aromatic carbocycles. The van der Waals surface area contributed by atoms with Crippen molar-refractivity contribution < 1.29 is 9.90 Å². The molecule has 0 spiro atoms. The van der Waals surface area contributed by atoms with E-state index in [0.717, 1.165) is 31.6 Å². The van der Waals surface area contributed by atoms with E-state index in [0.29, 0.717) is 18.0 Å². The van der Waals surface area contributed by atoms with Gasteiger partial charge in [-0.2, -0.15) is 0 Å². The Bertz CT molecular complexity index is 577. The van der Waals surface area contributed by atoms with Crippen molar-refractivity contribution in [2.75, 3.05) is 0 Å². The second-order valence-electron chi connectivity index (χ2n) is 8.42. The molecule has 0 aliphatic heterocycles. The summed E-state index contributed by atoms with van der Waals surface area (Å²) >= 11 is 0. The van der Waals surface area contributed by atoms with Crippen molar-refractivity contribution in [3.63, 3.8) is 0 Å². The molecule has 2 saturated carbocycles. The van der Waals surface area contributed by atoms with E-state index < -0.39 is 5.97 Å². The Kier molecular flexibility index (Phi) is 6.16. The minimum absolute atomic E-state index is 0.135. The summed E-state index contributed by atoms with van der Waals surface area (Å²) in [7, 11) is 0. The number of carboxylic acids is 1. The third-order valence-electron chi connectivity index (χ3n) is 6.46. The van der Waals surface area contributed by atoms with Gasteiger partial charge in [-0.1, -0.05) is 44.0 Å². The normalized spacial score (nSPS) is 31.4. The van der Waals surface area contributed by atoms with Crippen LogP contribution in [0.3, 0.4) is 0 Å². The Morgan fingerprint density at radius 1 is 1.12 bits per heavy atom. The molecule has 25 heavy (non-hydrogen) atoms. The summed E-state index contributed by atoms with van der Waals surface area (Å²) in [6, 6.07) is 9.65. The predicted molar refractivity (Wildman–Crippen MR) is 102 cm³/mol. The molecule has 2 N–H and O–H groups in total. The predicted octanol–water partition coefficient (Wildman–Crippen LogP) is 5.10. The first-order valence-corrected chi connectivity index (χ1v) is 10.1. The molecule has 2 fully saturated rings. The van der Waals surface area contributed by atoms with Gasteiger partial charge in [-0.3, -0.25) is 4.79 Å². The van der Waals surface area contributed by atoms with Gasteiger partial charge in [0.05, 0.1) is 5.92 Å². The third-order valence-corrected chi connectivity index (χ3v) is 6.46. The largest absolute Gasteiger partial charge is 0.481 e. The summed E-state index contributed by atoms with van der Waals surface area (Å²) in [6.45, 7) is 4.61. The van der Waals surface area contributed by atoms with Crippen molar-refractivity contribution in [3.05, 3.63) is 35.4 Å². The molecular weight excluding hydrogens is 310 g/mol. The van der Waals surface area contributed by atoms with Crippen LogP contribution in [0.25, 0.3) is 0 Å². The molecule has 2 aliphatic rings. The van der Waals surface area contributed by atoms with E-state index in [1.165, 1.54) is 36.8 Å². The highest BCUT2D eigenvalue weighted by Crippen LogP contribution is 2.39. The Morgan fingerprint density at radius 2 is 1.84 bits per heavy atom. The maximum Gasteiger partial charge on any atom is 0.306 e. The smallest absolute Gasteiger partial charge is 0.306 e. The van der Waals surface area contributed by atoms with E-state index >= 15 is 0 Å². The highest BCUT2D eigenvalue weighted by molar-refractivity contribution is 5.70. The number of aryl methyl sites for hydroxylation is 1. The van der Waals surface area contributed by atoms with Crippen LogP contribution in [-0.2, 0) is 4.79 Å². The van der Waals surface area contributed by atoms with E-state index in [1.54, 1.807) is 0 Å². The lowest BCUT2D eigenvalue weighted by Gasteiger charge is -2.38. The molecule has 3 heteroatoms. The van der Waals surface area contributed by atoms with Crippen LogP contribution in [0.15, 0.2) is 24.3 Å². The molecular formula is C22H33NO2. The van der Waals surface area contributed by atoms with Gasteiger partial charge in [0, 0.05) is 12.1 Å².